The molecular formula is C41H62N4O7. The SMILES string of the molecule is CC/C=C\C/C=C\C/C=C\C/C=C\C/C=C\CCCC(=O)NCCCCC(NC(=O)c1ccc(CCN2CCOCC2)nc1)C(=O)OC(CO)CO. The summed E-state index contributed by atoms with van der Waals surface area (Å²) in [6, 6.07) is 2.50. The van der Waals surface area contributed by atoms with E-state index in [1.54, 1.807) is 6.07 Å². The molecule has 1 aliphatic rings. The number of hydrogen-bond donors (Lipinski definition) is 4. The van der Waals surface area contributed by atoms with Crippen LogP contribution in [0, 0.1) is 0 Å². The van der Waals surface area contributed by atoms with Gasteiger partial charge in [0.1, 0.15) is 12.1 Å². The minimum absolute atomic E-state index is 0.0220. The molecule has 1 saturated heterocycles. The van der Waals surface area contributed by atoms with Crippen molar-refractivity contribution in [1.29, 1.82) is 0 Å². The highest BCUT2D eigenvalue weighted by atomic mass is 16.6. The van der Waals surface area contributed by atoms with Crippen LogP contribution in [-0.4, -0.2) is 103 Å². The van der Waals surface area contributed by atoms with Crippen molar-refractivity contribution in [3.8, 4) is 0 Å². The molecule has 2 amide bonds. The number of ether oxygens (including phenoxy) is 2. The van der Waals surface area contributed by atoms with E-state index in [1.807, 2.05) is 6.07 Å². The maximum atomic E-state index is 13.0. The van der Waals surface area contributed by atoms with Crippen LogP contribution in [0.2, 0.25) is 0 Å². The van der Waals surface area contributed by atoms with Crippen molar-refractivity contribution in [2.45, 2.75) is 96.1 Å². The van der Waals surface area contributed by atoms with Crippen LogP contribution in [0.25, 0.3) is 0 Å². The Kier molecular flexibility index (Phi) is 25.2. The Morgan fingerprint density at radius 3 is 2.12 bits per heavy atom. The van der Waals surface area contributed by atoms with Gasteiger partial charge < -0.3 is 30.3 Å². The van der Waals surface area contributed by atoms with Gasteiger partial charge in [0.15, 0.2) is 0 Å². The highest BCUT2D eigenvalue weighted by Crippen LogP contribution is 2.09. The number of morpholine rings is 1. The van der Waals surface area contributed by atoms with Crippen LogP contribution in [0.15, 0.2) is 79.1 Å². The molecule has 4 N–H and O–H groups in total. The lowest BCUT2D eigenvalue weighted by Gasteiger charge is -2.26. The van der Waals surface area contributed by atoms with Crippen LogP contribution < -0.4 is 10.6 Å². The Hall–Kier alpha value is -3.90. The van der Waals surface area contributed by atoms with Crippen LogP contribution in [-0.2, 0) is 25.5 Å². The first-order chi connectivity index (χ1) is 25.5. The molecule has 1 unspecified atom stereocenters. The second-order valence-corrected chi connectivity index (χ2v) is 12.6. The number of aliphatic hydroxyl groups is 2. The molecule has 0 aliphatic carbocycles. The Balaban J connectivity index is 1.64. The average Bonchev–Trinajstić information content (AvgIpc) is 3.17. The van der Waals surface area contributed by atoms with Gasteiger partial charge in [0.2, 0.25) is 5.91 Å². The number of carbonyl (C=O) groups is 3. The highest BCUT2D eigenvalue weighted by molar-refractivity contribution is 5.96. The summed E-state index contributed by atoms with van der Waals surface area (Å²) in [5, 5.41) is 24.4. The summed E-state index contributed by atoms with van der Waals surface area (Å²) in [6.07, 6.45) is 31.1. The number of hydrogen-bond acceptors (Lipinski definition) is 9. The van der Waals surface area contributed by atoms with E-state index in [-0.39, 0.29) is 12.3 Å². The van der Waals surface area contributed by atoms with Gasteiger partial charge in [-0.2, -0.15) is 0 Å². The second kappa shape index (κ2) is 29.7. The zero-order chi connectivity index (χ0) is 37.5. The van der Waals surface area contributed by atoms with Gasteiger partial charge in [-0.25, -0.2) is 4.79 Å². The van der Waals surface area contributed by atoms with Crippen molar-refractivity contribution in [1.82, 2.24) is 20.5 Å². The first-order valence-electron chi connectivity index (χ1n) is 19.0. The predicted molar refractivity (Wildman–Crippen MR) is 206 cm³/mol. The fraction of sp³-hybridized carbons (Fsp3) is 0.561. The molecule has 0 aromatic carbocycles. The molecule has 11 heteroatoms. The lowest BCUT2D eigenvalue weighted by atomic mass is 10.1. The lowest BCUT2D eigenvalue weighted by molar-refractivity contribution is -0.156. The summed E-state index contributed by atoms with van der Waals surface area (Å²) in [6.45, 7) is 5.62. The highest BCUT2D eigenvalue weighted by Gasteiger charge is 2.25. The van der Waals surface area contributed by atoms with Gasteiger partial charge >= 0.3 is 5.97 Å². The number of esters is 1. The monoisotopic (exact) mass is 722 g/mol. The zero-order valence-electron chi connectivity index (χ0n) is 31.1. The van der Waals surface area contributed by atoms with Crippen molar-refractivity contribution in [3.05, 3.63) is 90.3 Å². The van der Waals surface area contributed by atoms with Crippen molar-refractivity contribution >= 4 is 17.8 Å². The molecule has 52 heavy (non-hydrogen) atoms. The predicted octanol–water partition coefficient (Wildman–Crippen LogP) is 5.16. The number of pyridine rings is 1. The fourth-order valence-electron chi connectivity index (χ4n) is 5.21. The van der Waals surface area contributed by atoms with Crippen molar-refractivity contribution in [2.24, 2.45) is 0 Å². The topological polar surface area (TPSA) is 150 Å². The Labute approximate surface area is 310 Å². The number of amides is 2. The third kappa shape index (κ3) is 21.5. The molecule has 0 saturated carbocycles. The van der Waals surface area contributed by atoms with Crippen LogP contribution in [0.5, 0.6) is 0 Å². The molecule has 1 aromatic rings. The molecule has 1 aromatic heterocycles. The first kappa shape index (κ1) is 44.3. The molecule has 2 heterocycles. The molecule has 0 spiro atoms. The van der Waals surface area contributed by atoms with Gasteiger partial charge in [0, 0.05) is 50.9 Å². The van der Waals surface area contributed by atoms with Gasteiger partial charge in [0.05, 0.1) is 32.0 Å². The number of aliphatic hydroxyl groups excluding tert-OH is 2. The Morgan fingerprint density at radius 1 is 0.885 bits per heavy atom. The van der Waals surface area contributed by atoms with E-state index in [0.29, 0.717) is 31.4 Å². The largest absolute Gasteiger partial charge is 0.456 e. The fourth-order valence-corrected chi connectivity index (χ4v) is 5.21. The van der Waals surface area contributed by atoms with Crippen LogP contribution >= 0.6 is 0 Å². The summed E-state index contributed by atoms with van der Waals surface area (Å²) in [7, 11) is 0. The second-order valence-electron chi connectivity index (χ2n) is 12.6. The van der Waals surface area contributed by atoms with E-state index in [9.17, 15) is 24.6 Å². The normalized spacial score (nSPS) is 14.8. The third-order valence-electron chi connectivity index (χ3n) is 8.33. The van der Waals surface area contributed by atoms with Gasteiger partial charge in [-0.15, -0.1) is 0 Å². The van der Waals surface area contributed by atoms with Gasteiger partial charge in [-0.05, 0) is 76.3 Å². The van der Waals surface area contributed by atoms with E-state index in [0.717, 1.165) is 89.9 Å². The maximum Gasteiger partial charge on any atom is 0.329 e. The number of carbonyl (C=O) groups excluding carboxylic acids is 3. The summed E-state index contributed by atoms with van der Waals surface area (Å²) >= 11 is 0. The molecule has 288 valence electrons. The summed E-state index contributed by atoms with van der Waals surface area (Å²) in [5.41, 5.74) is 1.18. The first-order valence-corrected chi connectivity index (χ1v) is 19.0. The minimum Gasteiger partial charge on any atom is -0.456 e. The smallest absolute Gasteiger partial charge is 0.329 e. The Morgan fingerprint density at radius 2 is 1.52 bits per heavy atom. The van der Waals surface area contributed by atoms with Crippen LogP contribution in [0.4, 0.5) is 0 Å². The van der Waals surface area contributed by atoms with Crippen molar-refractivity contribution < 1.29 is 34.1 Å². The lowest BCUT2D eigenvalue weighted by Crippen LogP contribution is -2.44. The summed E-state index contributed by atoms with van der Waals surface area (Å²) in [4.78, 5) is 44.9. The number of aromatic nitrogens is 1. The standard InChI is InChI=1S/C41H62N4O7/c1-2-3-4-5-6-7-8-9-10-11-12-13-14-15-16-17-18-22-39(48)42-26-20-19-21-38(41(50)52-37(33-46)34-47)44-40(49)35-23-24-36(43-32-35)25-27-45-28-30-51-31-29-45/h3-4,6-7,9-10,12-13,15-16,23-24,32,37-38,46-47H,2,5,8,11,14,17-22,25-31,33-34H2,1H3,(H,42,48)(H,44,49)/b4-3-,7-6-,10-9-,13-12-,16-15-. The molecule has 1 aliphatic heterocycles. The van der Waals surface area contributed by atoms with E-state index < -0.39 is 37.2 Å². The number of unbranched alkanes of at least 4 members (excludes halogenated alkanes) is 2. The van der Waals surface area contributed by atoms with E-state index in [4.69, 9.17) is 9.47 Å². The molecule has 11 nitrogen and oxygen atoms in total. The number of nitrogens with zero attached hydrogens (tertiary/aromatic N) is 2. The molecule has 0 bridgehead atoms. The van der Waals surface area contributed by atoms with Gasteiger partial charge in [0.25, 0.3) is 5.91 Å². The van der Waals surface area contributed by atoms with Crippen LogP contribution in [0.3, 0.4) is 0 Å². The Bertz CT molecular complexity index is 1270. The summed E-state index contributed by atoms with van der Waals surface area (Å²) in [5.74, 6) is -1.23. The van der Waals surface area contributed by atoms with E-state index >= 15 is 0 Å². The molecular weight excluding hydrogens is 660 g/mol. The molecule has 1 atom stereocenters. The van der Waals surface area contributed by atoms with Crippen LogP contribution in [0.1, 0.15) is 93.6 Å². The van der Waals surface area contributed by atoms with Crippen molar-refractivity contribution in [3.63, 3.8) is 0 Å². The third-order valence-corrected chi connectivity index (χ3v) is 8.33. The number of rotatable bonds is 27. The van der Waals surface area contributed by atoms with Crippen molar-refractivity contribution in [2.75, 3.05) is 52.6 Å². The average molecular weight is 723 g/mol. The van der Waals surface area contributed by atoms with Gasteiger partial charge in [-0.3, -0.25) is 19.5 Å². The maximum absolute atomic E-state index is 13.0. The van der Waals surface area contributed by atoms with E-state index in [1.165, 1.54) is 6.20 Å². The number of nitrogens with one attached hydrogen (secondary N) is 2. The van der Waals surface area contributed by atoms with Gasteiger partial charge in [-0.1, -0.05) is 67.7 Å². The van der Waals surface area contributed by atoms with E-state index in [2.05, 4.69) is 88.2 Å². The molecule has 2 rings (SSSR count). The minimum atomic E-state index is -1.08. The molecule has 1 fully saturated rings. The zero-order valence-corrected chi connectivity index (χ0v) is 31.1. The molecule has 0 radical (unpaired) electrons. The summed E-state index contributed by atoms with van der Waals surface area (Å²) < 4.78 is 10.6. The number of allylic oxidation sites excluding steroid dienone is 10. The quantitative estimate of drug-likeness (QED) is 0.0549.